The van der Waals surface area contributed by atoms with E-state index in [0.717, 1.165) is 12.8 Å². The van der Waals surface area contributed by atoms with Gasteiger partial charge in [-0.3, -0.25) is 14.2 Å². The number of aromatic nitrogens is 4. The number of unbranched alkanes of at least 4 members (excludes halogenated alkanes) is 1. The van der Waals surface area contributed by atoms with Gasteiger partial charge in [0.25, 0.3) is 5.91 Å². The zero-order chi connectivity index (χ0) is 17.8. The lowest BCUT2D eigenvalue weighted by molar-refractivity contribution is -0.138. The van der Waals surface area contributed by atoms with Gasteiger partial charge in [-0.25, -0.2) is 4.98 Å². The first-order valence-electron chi connectivity index (χ1n) is 8.48. The molecule has 25 heavy (non-hydrogen) atoms. The van der Waals surface area contributed by atoms with Gasteiger partial charge >= 0.3 is 0 Å². The number of likely N-dealkylation sites (N-methyl/N-ethyl adjacent to an activating group) is 1. The van der Waals surface area contributed by atoms with E-state index in [1.807, 2.05) is 0 Å². The van der Waals surface area contributed by atoms with E-state index < -0.39 is 0 Å². The molecule has 2 aromatic heterocycles. The molecule has 0 radical (unpaired) electrons. The number of hydrogen-bond donors (Lipinski definition) is 0. The molecule has 2 amide bonds. The molecule has 0 N–H and O–H groups in total. The van der Waals surface area contributed by atoms with E-state index in [-0.39, 0.29) is 17.9 Å². The Morgan fingerprint density at radius 3 is 2.64 bits per heavy atom. The van der Waals surface area contributed by atoms with Gasteiger partial charge in [-0.15, -0.1) is 10.2 Å². The second-order valence-electron chi connectivity index (χ2n) is 6.19. The van der Waals surface area contributed by atoms with Crippen LogP contribution in [-0.4, -0.2) is 67.5 Å². The molecule has 0 spiro atoms. The fraction of sp³-hybridized carbons (Fsp3) is 0.471. The summed E-state index contributed by atoms with van der Waals surface area (Å²) < 4.78 is 1.66. The van der Waals surface area contributed by atoms with E-state index in [2.05, 4.69) is 22.1 Å². The van der Waals surface area contributed by atoms with Crippen LogP contribution in [0.3, 0.4) is 0 Å². The van der Waals surface area contributed by atoms with Crippen LogP contribution in [0.25, 0.3) is 5.82 Å². The number of pyridine rings is 1. The predicted octanol–water partition coefficient (Wildman–Crippen LogP) is 1.14. The zero-order valence-electron chi connectivity index (χ0n) is 14.5. The molecule has 0 bridgehead atoms. The Balaban J connectivity index is 1.79. The van der Waals surface area contributed by atoms with Crippen molar-refractivity contribution in [2.24, 2.45) is 0 Å². The number of amides is 2. The average Bonchev–Trinajstić information content (AvgIpc) is 3.17. The number of carbonyl (C=O) groups is 2. The maximum atomic E-state index is 12.9. The van der Waals surface area contributed by atoms with Crippen LogP contribution in [0, 0.1) is 0 Å². The molecule has 1 saturated heterocycles. The Kier molecular flexibility index (Phi) is 5.06. The molecule has 8 nitrogen and oxygen atoms in total. The van der Waals surface area contributed by atoms with Crippen LogP contribution in [0.15, 0.2) is 31.0 Å². The Morgan fingerprint density at radius 2 is 2.00 bits per heavy atom. The van der Waals surface area contributed by atoms with Crippen LogP contribution in [-0.2, 0) is 4.79 Å². The highest BCUT2D eigenvalue weighted by Crippen LogP contribution is 2.19. The van der Waals surface area contributed by atoms with Gasteiger partial charge in [-0.2, -0.15) is 0 Å². The van der Waals surface area contributed by atoms with Gasteiger partial charge in [0.2, 0.25) is 5.91 Å². The second kappa shape index (κ2) is 7.42. The van der Waals surface area contributed by atoms with E-state index in [9.17, 15) is 9.59 Å². The molecule has 0 aliphatic carbocycles. The summed E-state index contributed by atoms with van der Waals surface area (Å²) in [7, 11) is 1.79. The zero-order valence-corrected chi connectivity index (χ0v) is 14.5. The normalized spacial score (nSPS) is 17.8. The Morgan fingerprint density at radius 1 is 1.24 bits per heavy atom. The van der Waals surface area contributed by atoms with E-state index >= 15 is 0 Å². The first-order chi connectivity index (χ1) is 12.1. The quantitative estimate of drug-likeness (QED) is 0.813. The summed E-state index contributed by atoms with van der Waals surface area (Å²) in [4.78, 5) is 33.1. The molecule has 1 unspecified atom stereocenters. The van der Waals surface area contributed by atoms with Crippen molar-refractivity contribution in [2.75, 3.05) is 20.1 Å². The third-order valence-corrected chi connectivity index (χ3v) is 4.48. The van der Waals surface area contributed by atoms with Crippen LogP contribution < -0.4 is 0 Å². The summed E-state index contributed by atoms with van der Waals surface area (Å²) in [6.45, 7) is 3.18. The van der Waals surface area contributed by atoms with Crippen molar-refractivity contribution in [3.8, 4) is 5.82 Å². The molecule has 3 heterocycles. The fourth-order valence-corrected chi connectivity index (χ4v) is 2.98. The van der Waals surface area contributed by atoms with Crippen molar-refractivity contribution in [3.05, 3.63) is 36.5 Å². The molecule has 8 heteroatoms. The molecule has 1 atom stereocenters. The molecule has 1 aliphatic heterocycles. The first-order valence-corrected chi connectivity index (χ1v) is 8.48. The lowest BCUT2D eigenvalue weighted by Crippen LogP contribution is -2.57. The highest BCUT2D eigenvalue weighted by atomic mass is 16.2. The summed E-state index contributed by atoms with van der Waals surface area (Å²) in [6.07, 6.45) is 7.23. The van der Waals surface area contributed by atoms with Crippen LogP contribution in [0.1, 0.15) is 36.5 Å². The van der Waals surface area contributed by atoms with E-state index in [0.29, 0.717) is 30.9 Å². The minimum Gasteiger partial charge on any atom is -0.342 e. The van der Waals surface area contributed by atoms with E-state index in [1.54, 1.807) is 46.2 Å². The van der Waals surface area contributed by atoms with E-state index in [4.69, 9.17) is 0 Å². The fourth-order valence-electron chi connectivity index (χ4n) is 2.98. The van der Waals surface area contributed by atoms with Crippen molar-refractivity contribution in [3.63, 3.8) is 0 Å². The minimum atomic E-state index is -0.385. The number of hydrogen-bond acceptors (Lipinski definition) is 5. The molecular weight excluding hydrogens is 320 g/mol. The summed E-state index contributed by atoms with van der Waals surface area (Å²) >= 11 is 0. The average molecular weight is 342 g/mol. The third kappa shape index (κ3) is 3.52. The van der Waals surface area contributed by atoms with Crippen molar-refractivity contribution in [1.82, 2.24) is 29.5 Å². The van der Waals surface area contributed by atoms with Crippen molar-refractivity contribution in [2.45, 2.75) is 32.2 Å². The van der Waals surface area contributed by atoms with Gasteiger partial charge in [0.1, 0.15) is 24.5 Å². The number of piperazine rings is 1. The monoisotopic (exact) mass is 342 g/mol. The van der Waals surface area contributed by atoms with Crippen LogP contribution in [0.5, 0.6) is 0 Å². The summed E-state index contributed by atoms with van der Waals surface area (Å²) in [6, 6.07) is 3.09. The molecular formula is C17H22N6O2. The smallest absolute Gasteiger partial charge is 0.256 e. The maximum absolute atomic E-state index is 12.9. The summed E-state index contributed by atoms with van der Waals surface area (Å²) in [5.41, 5.74) is 0.482. The largest absolute Gasteiger partial charge is 0.342 e. The van der Waals surface area contributed by atoms with Gasteiger partial charge in [-0.05, 0) is 18.6 Å². The highest BCUT2D eigenvalue weighted by molar-refractivity contribution is 5.98. The molecule has 3 rings (SSSR count). The van der Waals surface area contributed by atoms with Crippen LogP contribution >= 0.6 is 0 Å². The molecule has 132 valence electrons. The van der Waals surface area contributed by atoms with Gasteiger partial charge < -0.3 is 9.80 Å². The molecule has 1 aliphatic rings. The molecule has 2 aromatic rings. The Labute approximate surface area is 146 Å². The first kappa shape index (κ1) is 17.1. The number of nitrogens with zero attached hydrogens (tertiary/aromatic N) is 6. The van der Waals surface area contributed by atoms with Gasteiger partial charge in [0.15, 0.2) is 0 Å². The van der Waals surface area contributed by atoms with E-state index in [1.165, 1.54) is 6.20 Å². The number of carbonyl (C=O) groups excluding carboxylic acids is 2. The molecule has 1 fully saturated rings. The summed E-state index contributed by atoms with van der Waals surface area (Å²) in [5.74, 6) is 0.506. The Hall–Kier alpha value is -2.77. The van der Waals surface area contributed by atoms with Crippen LogP contribution in [0.4, 0.5) is 0 Å². The van der Waals surface area contributed by atoms with Gasteiger partial charge in [0, 0.05) is 26.3 Å². The lowest BCUT2D eigenvalue weighted by Gasteiger charge is -2.39. The van der Waals surface area contributed by atoms with Crippen molar-refractivity contribution in [1.29, 1.82) is 0 Å². The standard InChI is InChI=1S/C17H22N6O2/c1-3-4-5-14-17(25)21(2)8-9-23(14)16(24)13-6-7-15(18-10-13)22-11-19-20-12-22/h6-7,10-12,14H,3-5,8-9H2,1-2H3. The second-order valence-corrected chi connectivity index (χ2v) is 6.19. The van der Waals surface area contributed by atoms with Crippen molar-refractivity contribution >= 4 is 11.8 Å². The third-order valence-electron chi connectivity index (χ3n) is 4.48. The maximum Gasteiger partial charge on any atom is 0.256 e. The Bertz CT molecular complexity index is 728. The lowest BCUT2D eigenvalue weighted by atomic mass is 10.0. The van der Waals surface area contributed by atoms with Crippen LogP contribution in [0.2, 0.25) is 0 Å². The highest BCUT2D eigenvalue weighted by Gasteiger charge is 2.35. The number of rotatable bonds is 5. The predicted molar refractivity (Wildman–Crippen MR) is 91.1 cm³/mol. The van der Waals surface area contributed by atoms with Gasteiger partial charge in [-0.1, -0.05) is 19.8 Å². The molecule has 0 aromatic carbocycles. The topological polar surface area (TPSA) is 84.2 Å². The minimum absolute atomic E-state index is 0.0159. The summed E-state index contributed by atoms with van der Waals surface area (Å²) in [5, 5.41) is 7.48. The SMILES string of the molecule is CCCCC1C(=O)N(C)CCN1C(=O)c1ccc(-n2cnnc2)nc1. The van der Waals surface area contributed by atoms with Gasteiger partial charge in [0.05, 0.1) is 5.56 Å². The van der Waals surface area contributed by atoms with Crippen molar-refractivity contribution < 1.29 is 9.59 Å². The molecule has 0 saturated carbocycles.